The first-order valence-corrected chi connectivity index (χ1v) is 9.63. The average Bonchev–Trinajstić information content (AvgIpc) is 3.03. The number of fused-ring (bicyclic) bond motifs is 1. The predicted octanol–water partition coefficient (Wildman–Crippen LogP) is 3.48. The van der Waals surface area contributed by atoms with E-state index in [1.165, 1.54) is 22.0 Å². The number of allylic oxidation sites excluding steroid dienone is 1. The number of aromatic nitrogens is 1. The molecule has 0 radical (unpaired) electrons. The number of alkyl halides is 3. The molecule has 8 heteroatoms. The average molecular weight is 415 g/mol. The summed E-state index contributed by atoms with van der Waals surface area (Å²) in [4.78, 5) is 19.3. The van der Waals surface area contributed by atoms with Crippen molar-refractivity contribution < 1.29 is 13.2 Å². The fraction of sp³-hybridized carbons (Fsp3) is 0.143. The molecule has 0 atom stereocenters. The van der Waals surface area contributed by atoms with Crippen molar-refractivity contribution in [3.63, 3.8) is 0 Å². The molecule has 0 bridgehead atoms. The highest BCUT2D eigenvalue weighted by Crippen LogP contribution is 2.31. The number of halogens is 3. The second-order valence-electron chi connectivity index (χ2n) is 6.45. The summed E-state index contributed by atoms with van der Waals surface area (Å²) in [7, 11) is 0. The van der Waals surface area contributed by atoms with E-state index in [1.54, 1.807) is 23.1 Å². The highest BCUT2D eigenvalue weighted by molar-refractivity contribution is 7.07. The molecule has 2 aromatic carbocycles. The van der Waals surface area contributed by atoms with Crippen molar-refractivity contribution in [1.82, 2.24) is 4.57 Å². The molecule has 3 aromatic rings. The minimum atomic E-state index is -4.42. The molecule has 0 aliphatic carbocycles. The monoisotopic (exact) mass is 415 g/mol. The lowest BCUT2D eigenvalue weighted by atomic mass is 10.2. The van der Waals surface area contributed by atoms with Gasteiger partial charge < -0.3 is 4.90 Å². The standard InChI is InChI=1S/C21H16F3N3OS/c22-21(23,24)16-9-5-10-17(12-16)26-13-25-20-27(14-26)19(28)18(29-20)11-4-8-15-6-2-1-3-7-15/h1-12H,13-14H2. The third-order valence-corrected chi connectivity index (χ3v) is 5.51. The van der Waals surface area contributed by atoms with Crippen LogP contribution < -0.4 is 19.8 Å². The Morgan fingerprint density at radius 2 is 1.86 bits per heavy atom. The van der Waals surface area contributed by atoms with Crippen molar-refractivity contribution in [2.24, 2.45) is 4.99 Å². The van der Waals surface area contributed by atoms with Gasteiger partial charge in [-0.2, -0.15) is 13.2 Å². The van der Waals surface area contributed by atoms with Crippen LogP contribution in [0.15, 0.2) is 70.5 Å². The number of anilines is 1. The maximum atomic E-state index is 13.0. The summed E-state index contributed by atoms with van der Waals surface area (Å²) in [5, 5.41) is 0. The number of thiazole rings is 1. The second kappa shape index (κ2) is 7.71. The minimum Gasteiger partial charge on any atom is -0.334 e. The Labute approximate surface area is 168 Å². The number of benzene rings is 2. The van der Waals surface area contributed by atoms with Gasteiger partial charge in [0.15, 0.2) is 4.80 Å². The van der Waals surface area contributed by atoms with Crippen molar-refractivity contribution in [2.45, 2.75) is 12.8 Å². The normalized spacial score (nSPS) is 14.9. The largest absolute Gasteiger partial charge is 0.416 e. The second-order valence-corrected chi connectivity index (χ2v) is 7.46. The van der Waals surface area contributed by atoms with Gasteiger partial charge in [-0.25, -0.2) is 4.99 Å². The third-order valence-electron chi connectivity index (χ3n) is 4.45. The van der Waals surface area contributed by atoms with Crippen LogP contribution in [0.1, 0.15) is 11.1 Å². The molecule has 0 fully saturated rings. The first kappa shape index (κ1) is 19.2. The molecule has 29 heavy (non-hydrogen) atoms. The third kappa shape index (κ3) is 4.17. The summed E-state index contributed by atoms with van der Waals surface area (Å²) >= 11 is 1.27. The van der Waals surface area contributed by atoms with E-state index in [0.29, 0.717) is 15.0 Å². The zero-order valence-corrected chi connectivity index (χ0v) is 16.0. The molecule has 0 saturated heterocycles. The quantitative estimate of drug-likeness (QED) is 0.657. The number of hydrogen-bond acceptors (Lipinski definition) is 4. The van der Waals surface area contributed by atoms with E-state index in [2.05, 4.69) is 4.99 Å². The highest BCUT2D eigenvalue weighted by Gasteiger charge is 2.31. The van der Waals surface area contributed by atoms with Gasteiger partial charge in [0.25, 0.3) is 5.56 Å². The van der Waals surface area contributed by atoms with Crippen LogP contribution in [0.5, 0.6) is 0 Å². The highest BCUT2D eigenvalue weighted by atomic mass is 32.1. The topological polar surface area (TPSA) is 37.6 Å². The van der Waals surface area contributed by atoms with Crippen LogP contribution in [-0.4, -0.2) is 11.2 Å². The van der Waals surface area contributed by atoms with E-state index in [1.807, 2.05) is 36.4 Å². The van der Waals surface area contributed by atoms with E-state index in [9.17, 15) is 18.0 Å². The van der Waals surface area contributed by atoms with Gasteiger partial charge in [-0.3, -0.25) is 9.36 Å². The van der Waals surface area contributed by atoms with Crippen molar-refractivity contribution in [3.8, 4) is 0 Å². The number of hydrogen-bond donors (Lipinski definition) is 0. The fourth-order valence-corrected chi connectivity index (χ4v) is 3.89. The van der Waals surface area contributed by atoms with Crippen LogP contribution in [0.4, 0.5) is 18.9 Å². The van der Waals surface area contributed by atoms with Gasteiger partial charge in [0.05, 0.1) is 10.1 Å². The Balaban J connectivity index is 1.61. The fourth-order valence-electron chi connectivity index (χ4n) is 2.98. The summed E-state index contributed by atoms with van der Waals surface area (Å²) in [6, 6.07) is 14.8. The summed E-state index contributed by atoms with van der Waals surface area (Å²) < 4.78 is 40.9. The Bertz CT molecular complexity index is 1230. The van der Waals surface area contributed by atoms with Gasteiger partial charge in [0, 0.05) is 5.69 Å². The van der Waals surface area contributed by atoms with E-state index in [4.69, 9.17) is 0 Å². The Kier molecular flexibility index (Phi) is 5.10. The van der Waals surface area contributed by atoms with E-state index in [-0.39, 0.29) is 18.9 Å². The van der Waals surface area contributed by atoms with Crippen molar-refractivity contribution >= 4 is 29.2 Å². The minimum absolute atomic E-state index is 0.158. The van der Waals surface area contributed by atoms with E-state index >= 15 is 0 Å². The zero-order valence-electron chi connectivity index (χ0n) is 15.1. The van der Waals surface area contributed by atoms with E-state index < -0.39 is 11.7 Å². The summed E-state index contributed by atoms with van der Waals surface area (Å²) in [5.74, 6) is 0. The van der Waals surface area contributed by atoms with E-state index in [0.717, 1.165) is 17.7 Å². The van der Waals surface area contributed by atoms with Crippen LogP contribution in [0.2, 0.25) is 0 Å². The molecular formula is C21H16F3N3OS. The summed E-state index contributed by atoms with van der Waals surface area (Å²) in [6.07, 6.45) is 1.02. The lowest BCUT2D eigenvalue weighted by Crippen LogP contribution is -2.42. The Morgan fingerprint density at radius 3 is 2.62 bits per heavy atom. The molecule has 0 spiro atoms. The molecule has 0 unspecified atom stereocenters. The first-order valence-electron chi connectivity index (χ1n) is 8.81. The lowest BCUT2D eigenvalue weighted by Gasteiger charge is -2.26. The van der Waals surface area contributed by atoms with Crippen LogP contribution in [0, 0.1) is 0 Å². The zero-order chi connectivity index (χ0) is 20.4. The van der Waals surface area contributed by atoms with Crippen molar-refractivity contribution in [2.75, 3.05) is 11.6 Å². The summed E-state index contributed by atoms with van der Waals surface area (Å²) in [5.41, 5.74) is 0.467. The van der Waals surface area contributed by atoms with Crippen molar-refractivity contribution in [3.05, 3.63) is 91.5 Å². The van der Waals surface area contributed by atoms with Crippen LogP contribution in [0.3, 0.4) is 0 Å². The molecule has 1 aliphatic rings. The van der Waals surface area contributed by atoms with Crippen LogP contribution in [0.25, 0.3) is 12.2 Å². The maximum Gasteiger partial charge on any atom is 0.416 e. The SMILES string of the molecule is O=c1c(=CC=Cc2ccccc2)sc2n1CN(c1cccc(C(F)(F)F)c1)CN=2. The van der Waals surface area contributed by atoms with Gasteiger partial charge in [0.2, 0.25) is 0 Å². The predicted molar refractivity (Wildman–Crippen MR) is 108 cm³/mol. The smallest absolute Gasteiger partial charge is 0.334 e. The molecule has 4 nitrogen and oxygen atoms in total. The van der Waals surface area contributed by atoms with Gasteiger partial charge in [-0.15, -0.1) is 0 Å². The number of rotatable bonds is 3. The first-order chi connectivity index (χ1) is 13.9. The maximum absolute atomic E-state index is 13.0. The Hall–Kier alpha value is -3.13. The molecule has 2 heterocycles. The van der Waals surface area contributed by atoms with Crippen LogP contribution in [-0.2, 0) is 12.8 Å². The molecule has 0 N–H and O–H groups in total. The lowest BCUT2D eigenvalue weighted by molar-refractivity contribution is -0.137. The molecule has 148 valence electrons. The van der Waals surface area contributed by atoms with Gasteiger partial charge in [-0.05, 0) is 29.8 Å². The number of nitrogens with zero attached hydrogens (tertiary/aromatic N) is 3. The Morgan fingerprint density at radius 1 is 1.07 bits per heavy atom. The van der Waals surface area contributed by atoms with Crippen LogP contribution >= 0.6 is 11.3 Å². The molecule has 0 amide bonds. The molecule has 4 rings (SSSR count). The van der Waals surface area contributed by atoms with Gasteiger partial charge in [-0.1, -0.05) is 59.9 Å². The van der Waals surface area contributed by atoms with Gasteiger partial charge >= 0.3 is 6.18 Å². The molecular weight excluding hydrogens is 399 g/mol. The summed E-state index contributed by atoms with van der Waals surface area (Å²) in [6.45, 7) is 0.353. The molecule has 0 saturated carbocycles. The van der Waals surface area contributed by atoms with Gasteiger partial charge in [0.1, 0.15) is 13.3 Å². The molecule has 1 aliphatic heterocycles. The van der Waals surface area contributed by atoms with Crippen molar-refractivity contribution in [1.29, 1.82) is 0 Å². The molecule has 1 aromatic heterocycles.